The molecule has 1 fully saturated rings. The highest BCUT2D eigenvalue weighted by Crippen LogP contribution is 2.34. The minimum Gasteiger partial charge on any atom is -0.466 e. The number of anilines is 2. The Hall–Kier alpha value is -3.65. The molecule has 194 valence electrons. The third-order valence-electron chi connectivity index (χ3n) is 6.64. The Labute approximate surface area is 218 Å². The largest absolute Gasteiger partial charge is 0.466 e. The van der Waals surface area contributed by atoms with Gasteiger partial charge < -0.3 is 15.0 Å². The van der Waals surface area contributed by atoms with Gasteiger partial charge in [0.05, 0.1) is 34.7 Å². The lowest BCUT2D eigenvalue weighted by Gasteiger charge is -2.34. The van der Waals surface area contributed by atoms with Crippen LogP contribution in [0.2, 0.25) is 0 Å². The van der Waals surface area contributed by atoms with Gasteiger partial charge in [0.15, 0.2) is 9.84 Å². The molecule has 1 aliphatic rings. The first-order valence-electron chi connectivity index (χ1n) is 12.4. The van der Waals surface area contributed by atoms with Crippen LogP contribution in [0.5, 0.6) is 0 Å². The second-order valence-electron chi connectivity index (χ2n) is 9.21. The molecular weight excluding hydrogens is 488 g/mol. The van der Waals surface area contributed by atoms with Crippen molar-refractivity contribution in [3.05, 3.63) is 90.0 Å². The van der Waals surface area contributed by atoms with Gasteiger partial charge in [0, 0.05) is 19.3 Å². The number of hydrogen-bond donors (Lipinski definition) is 1. The topological polar surface area (TPSA) is 92.8 Å². The second-order valence-corrected chi connectivity index (χ2v) is 11.2. The summed E-state index contributed by atoms with van der Waals surface area (Å²) in [7, 11) is -3.49. The Bertz CT molecular complexity index is 1300. The van der Waals surface area contributed by atoms with Gasteiger partial charge in [-0.3, -0.25) is 9.59 Å². The zero-order valence-corrected chi connectivity index (χ0v) is 21.9. The van der Waals surface area contributed by atoms with Gasteiger partial charge in [-0.25, -0.2) is 8.42 Å². The zero-order chi connectivity index (χ0) is 26.4. The lowest BCUT2D eigenvalue weighted by atomic mass is 9.90. The normalized spacial score (nSPS) is 14.4. The molecule has 4 rings (SSSR count). The Morgan fingerprint density at radius 1 is 0.946 bits per heavy atom. The summed E-state index contributed by atoms with van der Waals surface area (Å²) in [6.07, 6.45) is 2.39. The van der Waals surface area contributed by atoms with Crippen molar-refractivity contribution >= 4 is 33.1 Å². The third-order valence-corrected chi connectivity index (χ3v) is 7.75. The highest BCUT2D eigenvalue weighted by molar-refractivity contribution is 7.90. The number of carbonyl (C=O) groups is 2. The van der Waals surface area contributed by atoms with Crippen molar-refractivity contribution < 1.29 is 22.7 Å². The van der Waals surface area contributed by atoms with Crippen molar-refractivity contribution in [2.75, 3.05) is 36.2 Å². The van der Waals surface area contributed by atoms with E-state index in [2.05, 4.69) is 10.2 Å². The number of esters is 1. The number of sulfone groups is 1. The second kappa shape index (κ2) is 11.6. The van der Waals surface area contributed by atoms with Gasteiger partial charge in [-0.1, -0.05) is 60.7 Å². The summed E-state index contributed by atoms with van der Waals surface area (Å²) in [5.41, 5.74) is 2.83. The van der Waals surface area contributed by atoms with E-state index in [1.54, 1.807) is 19.1 Å². The molecule has 0 aliphatic carbocycles. The van der Waals surface area contributed by atoms with Crippen molar-refractivity contribution in [2.24, 2.45) is 5.92 Å². The quantitative estimate of drug-likeness (QED) is 0.435. The van der Waals surface area contributed by atoms with Gasteiger partial charge in [0.25, 0.3) is 0 Å². The molecule has 7 nitrogen and oxygen atoms in total. The van der Waals surface area contributed by atoms with Crippen molar-refractivity contribution in [1.82, 2.24) is 0 Å². The average molecular weight is 521 g/mol. The van der Waals surface area contributed by atoms with Crippen LogP contribution in [-0.4, -0.2) is 46.2 Å². The zero-order valence-electron chi connectivity index (χ0n) is 21.1. The number of rotatable bonds is 8. The van der Waals surface area contributed by atoms with Gasteiger partial charge in [0.2, 0.25) is 5.91 Å². The maximum Gasteiger partial charge on any atom is 0.309 e. The standard InChI is InChI=1S/C29H32N2O5S/c1-3-36-29(33)23-16-18-31(19-17-23)26-15-14-24(37(2,34)35)20-25(26)30-28(32)27(21-10-6-4-7-11-21)22-12-8-5-9-13-22/h4-15,20,23,27H,3,16-19H2,1-2H3,(H,30,32). The summed E-state index contributed by atoms with van der Waals surface area (Å²) in [6, 6.07) is 23.8. The van der Waals surface area contributed by atoms with Crippen LogP contribution in [0.15, 0.2) is 83.8 Å². The number of ether oxygens (including phenoxy) is 1. The van der Waals surface area contributed by atoms with E-state index in [0.29, 0.717) is 38.2 Å². The fourth-order valence-electron chi connectivity index (χ4n) is 4.73. The molecule has 1 heterocycles. The molecule has 0 radical (unpaired) electrons. The maximum atomic E-state index is 13.8. The number of amides is 1. The SMILES string of the molecule is CCOC(=O)C1CCN(c2ccc(S(C)(=O)=O)cc2NC(=O)C(c2ccccc2)c2ccccc2)CC1. The Morgan fingerprint density at radius 3 is 2.03 bits per heavy atom. The van der Waals surface area contributed by atoms with E-state index in [0.717, 1.165) is 23.1 Å². The Kier molecular flexibility index (Phi) is 8.28. The van der Waals surface area contributed by atoms with E-state index in [9.17, 15) is 18.0 Å². The summed E-state index contributed by atoms with van der Waals surface area (Å²) in [6.45, 7) is 3.33. The van der Waals surface area contributed by atoms with Crippen LogP contribution in [0.3, 0.4) is 0 Å². The molecule has 1 saturated heterocycles. The van der Waals surface area contributed by atoms with Crippen LogP contribution in [0.4, 0.5) is 11.4 Å². The molecule has 0 saturated carbocycles. The van der Waals surface area contributed by atoms with Crippen LogP contribution in [0.25, 0.3) is 0 Å². The molecule has 0 spiro atoms. The van der Waals surface area contributed by atoms with Crippen LogP contribution in [0.1, 0.15) is 36.8 Å². The monoisotopic (exact) mass is 520 g/mol. The first kappa shape index (κ1) is 26.4. The summed E-state index contributed by atoms with van der Waals surface area (Å²) in [5, 5.41) is 3.03. The highest BCUT2D eigenvalue weighted by Gasteiger charge is 2.29. The molecule has 1 N–H and O–H groups in total. The molecule has 0 bridgehead atoms. The molecule has 3 aromatic rings. The lowest BCUT2D eigenvalue weighted by Crippen LogP contribution is -2.37. The van der Waals surface area contributed by atoms with E-state index in [1.165, 1.54) is 6.07 Å². The fourth-order valence-corrected chi connectivity index (χ4v) is 5.38. The molecule has 1 aliphatic heterocycles. The van der Waals surface area contributed by atoms with E-state index in [1.807, 2.05) is 60.7 Å². The molecular formula is C29H32N2O5S. The first-order chi connectivity index (χ1) is 17.8. The lowest BCUT2D eigenvalue weighted by molar-refractivity contribution is -0.148. The summed E-state index contributed by atoms with van der Waals surface area (Å²) >= 11 is 0. The molecule has 3 aromatic carbocycles. The predicted octanol–water partition coefficient (Wildman–Crippen LogP) is 4.64. The highest BCUT2D eigenvalue weighted by atomic mass is 32.2. The number of nitrogens with one attached hydrogen (secondary N) is 1. The van der Waals surface area contributed by atoms with E-state index in [-0.39, 0.29) is 22.7 Å². The van der Waals surface area contributed by atoms with Gasteiger partial charge in [-0.05, 0) is 49.1 Å². The van der Waals surface area contributed by atoms with Crippen LogP contribution in [0, 0.1) is 5.92 Å². The summed E-state index contributed by atoms with van der Waals surface area (Å²) in [5.74, 6) is -1.18. The Balaban J connectivity index is 1.66. The average Bonchev–Trinajstić information content (AvgIpc) is 2.90. The van der Waals surface area contributed by atoms with E-state index < -0.39 is 15.8 Å². The van der Waals surface area contributed by atoms with Crippen molar-refractivity contribution in [3.8, 4) is 0 Å². The molecule has 0 unspecified atom stereocenters. The minimum atomic E-state index is -3.49. The third kappa shape index (κ3) is 6.38. The number of hydrogen-bond acceptors (Lipinski definition) is 6. The minimum absolute atomic E-state index is 0.129. The fraction of sp³-hybridized carbons (Fsp3) is 0.310. The van der Waals surface area contributed by atoms with Crippen molar-refractivity contribution in [2.45, 2.75) is 30.6 Å². The van der Waals surface area contributed by atoms with Gasteiger partial charge in [0.1, 0.15) is 0 Å². The van der Waals surface area contributed by atoms with Crippen LogP contribution >= 0.6 is 0 Å². The molecule has 0 atom stereocenters. The molecule has 0 aromatic heterocycles. The first-order valence-corrected chi connectivity index (χ1v) is 14.3. The summed E-state index contributed by atoms with van der Waals surface area (Å²) < 4.78 is 29.9. The number of nitrogens with zero attached hydrogens (tertiary/aromatic N) is 1. The van der Waals surface area contributed by atoms with E-state index >= 15 is 0 Å². The van der Waals surface area contributed by atoms with Crippen molar-refractivity contribution in [3.63, 3.8) is 0 Å². The van der Waals surface area contributed by atoms with E-state index in [4.69, 9.17) is 4.74 Å². The van der Waals surface area contributed by atoms with Crippen molar-refractivity contribution in [1.29, 1.82) is 0 Å². The maximum absolute atomic E-state index is 13.8. The molecule has 37 heavy (non-hydrogen) atoms. The number of carbonyl (C=O) groups excluding carboxylic acids is 2. The number of piperidine rings is 1. The molecule has 1 amide bonds. The van der Waals surface area contributed by atoms with Crippen LogP contribution < -0.4 is 10.2 Å². The van der Waals surface area contributed by atoms with Gasteiger partial charge >= 0.3 is 5.97 Å². The number of benzene rings is 3. The molecule has 8 heteroatoms. The predicted molar refractivity (Wildman–Crippen MR) is 144 cm³/mol. The van der Waals surface area contributed by atoms with Crippen LogP contribution in [-0.2, 0) is 24.2 Å². The van der Waals surface area contributed by atoms with Gasteiger partial charge in [-0.2, -0.15) is 0 Å². The van der Waals surface area contributed by atoms with Gasteiger partial charge in [-0.15, -0.1) is 0 Å². The summed E-state index contributed by atoms with van der Waals surface area (Å²) in [4.78, 5) is 28.2. The Morgan fingerprint density at radius 2 is 1.51 bits per heavy atom. The smallest absolute Gasteiger partial charge is 0.309 e.